The van der Waals surface area contributed by atoms with Crippen LogP contribution in [0.1, 0.15) is 33.6 Å². The van der Waals surface area contributed by atoms with Crippen LogP contribution in [0.25, 0.3) is 0 Å². The van der Waals surface area contributed by atoms with Crippen LogP contribution in [0, 0.1) is 5.92 Å². The lowest BCUT2D eigenvalue weighted by Gasteiger charge is -2.37. The van der Waals surface area contributed by atoms with Crippen molar-refractivity contribution in [1.82, 2.24) is 20.4 Å². The van der Waals surface area contributed by atoms with Crippen LogP contribution >= 0.6 is 0 Å². The van der Waals surface area contributed by atoms with Crippen molar-refractivity contribution in [3.05, 3.63) is 0 Å². The average Bonchev–Trinajstić information content (AvgIpc) is 2.96. The number of rotatable bonds is 5. The molecule has 2 saturated heterocycles. The summed E-state index contributed by atoms with van der Waals surface area (Å²) in [6.07, 6.45) is 1.10. The third-order valence-corrected chi connectivity index (χ3v) is 7.14. The average molecular weight is 403 g/mol. The van der Waals surface area contributed by atoms with E-state index in [0.29, 0.717) is 39.0 Å². The van der Waals surface area contributed by atoms with Gasteiger partial charge in [-0.3, -0.25) is 9.59 Å². The predicted octanol–water partition coefficient (Wildman–Crippen LogP) is -0.422. The summed E-state index contributed by atoms with van der Waals surface area (Å²) >= 11 is 0. The Bertz CT molecular complexity index is 673. The van der Waals surface area contributed by atoms with Gasteiger partial charge in [0.1, 0.15) is 6.04 Å². The molecule has 0 aromatic rings. The van der Waals surface area contributed by atoms with Gasteiger partial charge in [-0.15, -0.1) is 0 Å². The van der Waals surface area contributed by atoms with Gasteiger partial charge < -0.3 is 20.4 Å². The molecule has 0 unspecified atom stereocenters. The second-order valence-electron chi connectivity index (χ2n) is 7.41. The van der Waals surface area contributed by atoms with E-state index in [1.807, 2.05) is 13.8 Å². The molecule has 0 aliphatic carbocycles. The molecule has 4 amide bonds. The first-order valence-corrected chi connectivity index (χ1v) is 11.3. The van der Waals surface area contributed by atoms with Crippen molar-refractivity contribution < 1.29 is 22.8 Å². The smallest absolute Gasteiger partial charge is 0.315 e. The number of amides is 4. The van der Waals surface area contributed by atoms with Crippen LogP contribution < -0.4 is 10.6 Å². The predicted molar refractivity (Wildman–Crippen MR) is 101 cm³/mol. The maximum atomic E-state index is 12.9. The molecule has 3 atom stereocenters. The molecule has 0 aromatic carbocycles. The molecule has 2 fully saturated rings. The van der Waals surface area contributed by atoms with Crippen LogP contribution in [0.15, 0.2) is 0 Å². The van der Waals surface area contributed by atoms with E-state index in [4.69, 9.17) is 0 Å². The monoisotopic (exact) mass is 402 g/mol. The molecule has 154 valence electrons. The largest absolute Gasteiger partial charge is 0.339 e. The number of carbonyl (C=O) groups is 3. The molecular weight excluding hydrogens is 372 g/mol. The summed E-state index contributed by atoms with van der Waals surface area (Å²) in [5.74, 6) is -0.227. The van der Waals surface area contributed by atoms with Gasteiger partial charge in [-0.2, -0.15) is 0 Å². The molecule has 2 aliphatic rings. The minimum atomic E-state index is -3.09. The Morgan fingerprint density at radius 2 is 1.70 bits per heavy atom. The third-order valence-electron chi connectivity index (χ3n) is 5.37. The van der Waals surface area contributed by atoms with Crippen molar-refractivity contribution in [3.8, 4) is 0 Å². The van der Waals surface area contributed by atoms with E-state index in [1.54, 1.807) is 9.80 Å². The van der Waals surface area contributed by atoms with Crippen molar-refractivity contribution >= 4 is 27.7 Å². The minimum Gasteiger partial charge on any atom is -0.339 e. The highest BCUT2D eigenvalue weighted by atomic mass is 32.2. The Labute approximate surface area is 160 Å². The Kier molecular flexibility index (Phi) is 7.07. The quantitative estimate of drug-likeness (QED) is 0.648. The van der Waals surface area contributed by atoms with E-state index in [2.05, 4.69) is 10.6 Å². The molecule has 10 heteroatoms. The van der Waals surface area contributed by atoms with Gasteiger partial charge in [-0.1, -0.05) is 20.3 Å². The first kappa shape index (κ1) is 21.5. The summed E-state index contributed by atoms with van der Waals surface area (Å²) in [4.78, 5) is 40.1. The second-order valence-corrected chi connectivity index (χ2v) is 9.64. The van der Waals surface area contributed by atoms with Gasteiger partial charge in [0.25, 0.3) is 0 Å². The maximum absolute atomic E-state index is 12.9. The van der Waals surface area contributed by atoms with Gasteiger partial charge in [0.2, 0.25) is 11.8 Å². The highest BCUT2D eigenvalue weighted by molar-refractivity contribution is 7.91. The summed E-state index contributed by atoms with van der Waals surface area (Å²) in [6, 6.07) is -1.61. The Morgan fingerprint density at radius 1 is 1.11 bits per heavy atom. The first-order chi connectivity index (χ1) is 12.6. The highest BCUT2D eigenvalue weighted by Gasteiger charge is 2.34. The first-order valence-electron chi connectivity index (χ1n) is 9.44. The SMILES string of the molecule is CC[C@@H](C)[C@H](NC(=O)N[C@H]1CCS(=O)(=O)C1)C(=O)N1CCN(C(C)=O)CC1. The molecule has 0 aromatic heterocycles. The van der Waals surface area contributed by atoms with E-state index >= 15 is 0 Å². The number of piperazine rings is 1. The Balaban J connectivity index is 1.95. The number of nitrogens with one attached hydrogen (secondary N) is 2. The molecule has 27 heavy (non-hydrogen) atoms. The summed E-state index contributed by atoms with van der Waals surface area (Å²) in [6.45, 7) is 7.21. The number of sulfone groups is 1. The Morgan fingerprint density at radius 3 is 2.19 bits per heavy atom. The van der Waals surface area contributed by atoms with Crippen LogP contribution in [0.4, 0.5) is 4.79 Å². The minimum absolute atomic E-state index is 0.00964. The number of hydrogen-bond acceptors (Lipinski definition) is 5. The van der Waals surface area contributed by atoms with Crippen molar-refractivity contribution in [2.75, 3.05) is 37.7 Å². The second kappa shape index (κ2) is 8.90. The van der Waals surface area contributed by atoms with Crippen LogP contribution in [-0.4, -0.2) is 85.8 Å². The van der Waals surface area contributed by atoms with E-state index in [0.717, 1.165) is 0 Å². The molecule has 0 radical (unpaired) electrons. The molecule has 0 saturated carbocycles. The number of hydrogen-bond donors (Lipinski definition) is 2. The summed E-state index contributed by atoms with van der Waals surface area (Å²) < 4.78 is 23.1. The van der Waals surface area contributed by atoms with E-state index < -0.39 is 28.0 Å². The molecular formula is C17H30N4O5S. The fourth-order valence-corrected chi connectivity index (χ4v) is 5.07. The molecule has 2 aliphatic heterocycles. The fourth-order valence-electron chi connectivity index (χ4n) is 3.40. The normalized spacial score (nSPS) is 24.2. The molecule has 0 spiro atoms. The summed E-state index contributed by atoms with van der Waals surface area (Å²) in [5, 5.41) is 5.41. The Hall–Kier alpha value is -1.84. The van der Waals surface area contributed by atoms with Crippen molar-refractivity contribution in [3.63, 3.8) is 0 Å². The van der Waals surface area contributed by atoms with Gasteiger partial charge in [-0.05, 0) is 12.3 Å². The van der Waals surface area contributed by atoms with Gasteiger partial charge in [0.15, 0.2) is 9.84 Å². The zero-order valence-corrected chi connectivity index (χ0v) is 17.0. The van der Waals surface area contributed by atoms with E-state index in [1.165, 1.54) is 6.92 Å². The van der Waals surface area contributed by atoms with Gasteiger partial charge in [0.05, 0.1) is 11.5 Å². The van der Waals surface area contributed by atoms with Gasteiger partial charge >= 0.3 is 6.03 Å². The summed E-state index contributed by atoms with van der Waals surface area (Å²) in [5.41, 5.74) is 0. The van der Waals surface area contributed by atoms with Crippen molar-refractivity contribution in [1.29, 1.82) is 0 Å². The summed E-state index contributed by atoms with van der Waals surface area (Å²) in [7, 11) is -3.09. The van der Waals surface area contributed by atoms with Crippen LogP contribution in [-0.2, 0) is 19.4 Å². The lowest BCUT2D eigenvalue weighted by Crippen LogP contribution is -2.58. The van der Waals surface area contributed by atoms with Gasteiger partial charge in [0, 0.05) is 39.1 Å². The zero-order valence-electron chi connectivity index (χ0n) is 16.2. The third kappa shape index (κ3) is 5.82. The maximum Gasteiger partial charge on any atom is 0.315 e. The molecule has 2 N–H and O–H groups in total. The molecule has 2 heterocycles. The fraction of sp³-hybridized carbons (Fsp3) is 0.824. The van der Waals surface area contributed by atoms with E-state index in [-0.39, 0.29) is 29.2 Å². The standard InChI is InChI=1S/C17H30N4O5S/c1-4-12(2)15(16(23)21-8-6-20(7-9-21)13(3)22)19-17(24)18-14-5-10-27(25,26)11-14/h12,14-15H,4-11H2,1-3H3,(H2,18,19,24)/t12-,14+,15+/m1/s1. The molecule has 2 rings (SSSR count). The van der Waals surface area contributed by atoms with Crippen LogP contribution in [0.5, 0.6) is 0 Å². The molecule has 0 bridgehead atoms. The van der Waals surface area contributed by atoms with Crippen molar-refractivity contribution in [2.45, 2.75) is 45.7 Å². The molecule has 9 nitrogen and oxygen atoms in total. The number of urea groups is 1. The van der Waals surface area contributed by atoms with E-state index in [9.17, 15) is 22.8 Å². The topological polar surface area (TPSA) is 116 Å². The zero-order chi connectivity index (χ0) is 20.2. The lowest BCUT2D eigenvalue weighted by molar-refractivity contribution is -0.140. The van der Waals surface area contributed by atoms with Crippen molar-refractivity contribution in [2.24, 2.45) is 5.92 Å². The van der Waals surface area contributed by atoms with Gasteiger partial charge in [-0.25, -0.2) is 13.2 Å². The highest BCUT2D eigenvalue weighted by Crippen LogP contribution is 2.14. The number of carbonyl (C=O) groups excluding carboxylic acids is 3. The number of nitrogens with zero attached hydrogens (tertiary/aromatic N) is 2. The lowest BCUT2D eigenvalue weighted by atomic mass is 9.97. The van der Waals surface area contributed by atoms with Crippen LogP contribution in [0.2, 0.25) is 0 Å². The van der Waals surface area contributed by atoms with Crippen LogP contribution in [0.3, 0.4) is 0 Å².